The van der Waals surface area contributed by atoms with E-state index >= 15 is 0 Å². The van der Waals surface area contributed by atoms with Gasteiger partial charge < -0.3 is 30.0 Å². The molecule has 0 bridgehead atoms. The van der Waals surface area contributed by atoms with Gasteiger partial charge in [0.2, 0.25) is 0 Å². The number of ether oxygens (including phenoxy) is 2. The zero-order valence-electron chi connectivity index (χ0n) is 20.0. The van der Waals surface area contributed by atoms with Crippen molar-refractivity contribution in [1.29, 1.82) is 0 Å². The SMILES string of the molecule is NCc1cccc(-c2cc(NCC3CCCO3)c3occ(COc4ccccc4CC(=O)O)c3c2)c1. The summed E-state index contributed by atoms with van der Waals surface area (Å²) in [6.07, 6.45) is 3.93. The maximum atomic E-state index is 11.2. The van der Waals surface area contributed by atoms with E-state index in [9.17, 15) is 9.90 Å². The van der Waals surface area contributed by atoms with Crippen molar-refractivity contribution in [2.45, 2.75) is 38.5 Å². The second-order valence-electron chi connectivity index (χ2n) is 9.05. The molecule has 4 aromatic rings. The van der Waals surface area contributed by atoms with Crippen LogP contribution in [0.15, 0.2) is 71.3 Å². The van der Waals surface area contributed by atoms with Crippen molar-refractivity contribution in [3.8, 4) is 16.9 Å². The Labute approximate surface area is 209 Å². The van der Waals surface area contributed by atoms with Crippen molar-refractivity contribution >= 4 is 22.6 Å². The van der Waals surface area contributed by atoms with Crippen molar-refractivity contribution in [2.24, 2.45) is 5.73 Å². The van der Waals surface area contributed by atoms with Gasteiger partial charge in [-0.15, -0.1) is 0 Å². The Kier molecular flexibility index (Phi) is 7.21. The molecule has 2 heterocycles. The third kappa shape index (κ3) is 5.37. The minimum Gasteiger partial charge on any atom is -0.488 e. The number of fused-ring (bicyclic) bond motifs is 1. The molecule has 7 heteroatoms. The molecule has 1 atom stereocenters. The summed E-state index contributed by atoms with van der Waals surface area (Å²) in [5.74, 6) is -0.344. The number of nitrogens with one attached hydrogen (secondary N) is 1. The second kappa shape index (κ2) is 10.8. The van der Waals surface area contributed by atoms with Gasteiger partial charge >= 0.3 is 5.97 Å². The van der Waals surface area contributed by atoms with Crippen LogP contribution >= 0.6 is 0 Å². The van der Waals surface area contributed by atoms with E-state index in [4.69, 9.17) is 19.6 Å². The highest BCUT2D eigenvalue weighted by Gasteiger charge is 2.18. The number of furan rings is 1. The van der Waals surface area contributed by atoms with Crippen molar-refractivity contribution in [2.75, 3.05) is 18.5 Å². The number of carboxylic acid groups (broad SMARTS) is 1. The molecule has 1 aliphatic rings. The largest absolute Gasteiger partial charge is 0.488 e. The fraction of sp³-hybridized carbons (Fsp3) is 0.276. The lowest BCUT2D eigenvalue weighted by atomic mass is 9.99. The van der Waals surface area contributed by atoms with Gasteiger partial charge in [-0.2, -0.15) is 0 Å². The molecule has 5 rings (SSSR count). The molecule has 1 saturated heterocycles. The first-order valence-electron chi connectivity index (χ1n) is 12.2. The average molecular weight is 487 g/mol. The van der Waals surface area contributed by atoms with Gasteiger partial charge in [0.15, 0.2) is 5.58 Å². The molecule has 0 spiro atoms. The van der Waals surface area contributed by atoms with E-state index in [1.807, 2.05) is 24.3 Å². The fourth-order valence-corrected chi connectivity index (χ4v) is 4.61. The van der Waals surface area contributed by atoms with Gasteiger partial charge in [-0.3, -0.25) is 4.79 Å². The molecule has 36 heavy (non-hydrogen) atoms. The van der Waals surface area contributed by atoms with E-state index in [-0.39, 0.29) is 19.1 Å². The normalized spacial score (nSPS) is 15.3. The molecule has 3 aromatic carbocycles. The Morgan fingerprint density at radius 2 is 1.97 bits per heavy atom. The molecule has 0 aliphatic carbocycles. The van der Waals surface area contributed by atoms with E-state index in [1.165, 1.54) is 0 Å². The highest BCUT2D eigenvalue weighted by atomic mass is 16.5. The van der Waals surface area contributed by atoms with Gasteiger partial charge in [-0.25, -0.2) is 0 Å². The average Bonchev–Trinajstić information content (AvgIpc) is 3.56. The zero-order valence-corrected chi connectivity index (χ0v) is 20.0. The first kappa shape index (κ1) is 23.9. The van der Waals surface area contributed by atoms with Crippen molar-refractivity contribution in [3.05, 3.63) is 83.6 Å². The third-order valence-electron chi connectivity index (χ3n) is 6.49. The highest BCUT2D eigenvalue weighted by molar-refractivity contribution is 5.96. The molecule has 1 unspecified atom stereocenters. The van der Waals surface area contributed by atoms with Crippen molar-refractivity contribution in [1.82, 2.24) is 0 Å². The molecular weight excluding hydrogens is 456 g/mol. The summed E-state index contributed by atoms with van der Waals surface area (Å²) in [6.45, 7) is 2.23. The number of aliphatic carboxylic acids is 1. The summed E-state index contributed by atoms with van der Waals surface area (Å²) in [7, 11) is 0. The lowest BCUT2D eigenvalue weighted by Gasteiger charge is -2.14. The molecular formula is C29H30N2O5. The molecule has 1 aliphatic heterocycles. The minimum absolute atomic E-state index is 0.0960. The Hall–Kier alpha value is -3.81. The first-order chi connectivity index (χ1) is 17.6. The van der Waals surface area contributed by atoms with Crippen molar-refractivity contribution < 1.29 is 23.8 Å². The number of nitrogens with two attached hydrogens (primary N) is 1. The summed E-state index contributed by atoms with van der Waals surface area (Å²) in [4.78, 5) is 11.2. The molecule has 1 aromatic heterocycles. The standard InChI is InChI=1S/C29H30N2O5/c30-15-19-5-3-7-20(11-19)22-12-25-23(17-35-27-9-2-1-6-21(27)14-28(32)33)18-36-29(25)26(13-22)31-16-24-8-4-10-34-24/h1-3,5-7,9,11-13,18,24,31H,4,8,10,14-17,30H2,(H,32,33). The van der Waals surface area contributed by atoms with Gasteiger partial charge in [-0.1, -0.05) is 36.4 Å². The van der Waals surface area contributed by atoms with Crippen LogP contribution in [0.2, 0.25) is 0 Å². The van der Waals surface area contributed by atoms with Crippen LogP contribution in [0.3, 0.4) is 0 Å². The maximum absolute atomic E-state index is 11.2. The maximum Gasteiger partial charge on any atom is 0.307 e. The van der Waals surface area contributed by atoms with Crippen LogP contribution in [0, 0.1) is 0 Å². The van der Waals surface area contributed by atoms with E-state index in [1.54, 1.807) is 18.4 Å². The number of rotatable bonds is 10. The van der Waals surface area contributed by atoms with Crippen LogP contribution in [-0.4, -0.2) is 30.3 Å². The van der Waals surface area contributed by atoms with Crippen LogP contribution in [0.25, 0.3) is 22.1 Å². The predicted molar refractivity (Wildman–Crippen MR) is 139 cm³/mol. The van der Waals surface area contributed by atoms with E-state index in [2.05, 4.69) is 29.6 Å². The van der Waals surface area contributed by atoms with E-state index in [0.29, 0.717) is 24.4 Å². The summed E-state index contributed by atoms with van der Waals surface area (Å²) >= 11 is 0. The third-order valence-corrected chi connectivity index (χ3v) is 6.49. The highest BCUT2D eigenvalue weighted by Crippen LogP contribution is 2.35. The van der Waals surface area contributed by atoms with Crippen molar-refractivity contribution in [3.63, 3.8) is 0 Å². The smallest absolute Gasteiger partial charge is 0.307 e. The molecule has 1 fully saturated rings. The Morgan fingerprint density at radius 3 is 2.78 bits per heavy atom. The lowest BCUT2D eigenvalue weighted by molar-refractivity contribution is -0.136. The van der Waals surface area contributed by atoms with Gasteiger partial charge in [0.25, 0.3) is 0 Å². The number of anilines is 1. The number of hydrogen-bond donors (Lipinski definition) is 3. The molecule has 0 amide bonds. The second-order valence-corrected chi connectivity index (χ2v) is 9.05. The fourth-order valence-electron chi connectivity index (χ4n) is 4.61. The van der Waals surface area contributed by atoms with Gasteiger partial charge in [-0.05, 0) is 53.8 Å². The summed E-state index contributed by atoms with van der Waals surface area (Å²) in [5, 5.41) is 13.7. The van der Waals surface area contributed by atoms with Gasteiger partial charge in [0, 0.05) is 36.2 Å². The van der Waals surface area contributed by atoms with Crippen LogP contribution in [0.4, 0.5) is 5.69 Å². The monoisotopic (exact) mass is 486 g/mol. The summed E-state index contributed by atoms with van der Waals surface area (Å²) < 4.78 is 17.9. The van der Waals surface area contributed by atoms with Gasteiger partial charge in [0.1, 0.15) is 12.4 Å². The molecule has 0 saturated carbocycles. The predicted octanol–water partition coefficient (Wildman–Crippen LogP) is 5.36. The van der Waals surface area contributed by atoms with Crippen LogP contribution in [0.5, 0.6) is 5.75 Å². The Bertz CT molecular complexity index is 1360. The molecule has 0 radical (unpaired) electrons. The van der Waals surface area contributed by atoms with E-state index < -0.39 is 5.97 Å². The molecule has 186 valence electrons. The van der Waals surface area contributed by atoms with Crippen LogP contribution in [0.1, 0.15) is 29.5 Å². The number of carbonyl (C=O) groups is 1. The molecule has 4 N–H and O–H groups in total. The van der Waals surface area contributed by atoms with E-state index in [0.717, 1.165) is 58.4 Å². The Morgan fingerprint density at radius 1 is 1.08 bits per heavy atom. The zero-order chi connectivity index (χ0) is 24.9. The first-order valence-corrected chi connectivity index (χ1v) is 12.2. The summed E-state index contributed by atoms with van der Waals surface area (Å²) in [6, 6.07) is 19.6. The van der Waals surface area contributed by atoms with Crippen LogP contribution < -0.4 is 15.8 Å². The Balaban J connectivity index is 1.48. The minimum atomic E-state index is -0.897. The number of hydrogen-bond acceptors (Lipinski definition) is 6. The number of para-hydroxylation sites is 1. The lowest BCUT2D eigenvalue weighted by Crippen LogP contribution is -2.18. The van der Waals surface area contributed by atoms with Crippen LogP contribution in [-0.2, 0) is 29.1 Å². The quantitative estimate of drug-likeness (QED) is 0.277. The number of benzene rings is 3. The van der Waals surface area contributed by atoms with Gasteiger partial charge in [0.05, 0.1) is 24.5 Å². The number of carboxylic acids is 1. The summed E-state index contributed by atoms with van der Waals surface area (Å²) in [5.41, 5.74) is 12.2. The topological polar surface area (TPSA) is 107 Å². The molecule has 7 nitrogen and oxygen atoms in total.